The van der Waals surface area contributed by atoms with Gasteiger partial charge in [0.15, 0.2) is 30.7 Å². The Morgan fingerprint density at radius 3 is 1.81 bits per heavy atom. The van der Waals surface area contributed by atoms with Crippen LogP contribution in [0.2, 0.25) is 0 Å². The number of rotatable bonds is 8. The highest BCUT2D eigenvalue weighted by Gasteiger charge is 2.56. The molecule has 37 heavy (non-hydrogen) atoms. The van der Waals surface area contributed by atoms with Crippen LogP contribution in [-0.2, 0) is 66.7 Å². The maximum absolute atomic E-state index is 12.3. The quantitative estimate of drug-likeness (QED) is 0.296. The van der Waals surface area contributed by atoms with Crippen molar-refractivity contribution in [2.75, 3.05) is 6.61 Å². The SMILES string of the molecule is CC(=O)OC[C@H]1O[C@@H](O[C@@H]2C[C@@H]3C(=O)O[C@H](C2)[C@@H]3OC(C)=O)[C@H](OC(C)=O)[C@@H](OC(C)=O)[C@@H]1OC(C)=O. The maximum Gasteiger partial charge on any atom is 0.313 e. The zero-order valence-electron chi connectivity index (χ0n) is 21.0. The van der Waals surface area contributed by atoms with Crippen LogP contribution >= 0.6 is 0 Å². The molecule has 9 atom stereocenters. The number of hydrogen-bond acceptors (Lipinski definition) is 14. The van der Waals surface area contributed by atoms with E-state index in [1.54, 1.807) is 0 Å². The van der Waals surface area contributed by atoms with Crippen LogP contribution in [0.5, 0.6) is 0 Å². The smallest absolute Gasteiger partial charge is 0.313 e. The van der Waals surface area contributed by atoms with Crippen molar-refractivity contribution in [3.63, 3.8) is 0 Å². The van der Waals surface area contributed by atoms with Gasteiger partial charge in [-0.25, -0.2) is 0 Å². The fraction of sp³-hybridized carbons (Fsp3) is 0.739. The number of carbonyl (C=O) groups is 6. The van der Waals surface area contributed by atoms with Crippen molar-refractivity contribution in [2.45, 2.75) is 96.5 Å². The van der Waals surface area contributed by atoms with Gasteiger partial charge in [-0.15, -0.1) is 0 Å². The molecule has 1 saturated carbocycles. The molecule has 1 aliphatic carbocycles. The summed E-state index contributed by atoms with van der Waals surface area (Å²) in [6.07, 6.45) is -8.61. The molecule has 0 N–H and O–H groups in total. The standard InChI is InChI=1S/C23H30O14/c1-9(24)30-8-17-19(32-11(3)26)20(33-12(4)27)21(34-13(5)28)23(37-17)35-14-6-15-18(31-10(2)25)16(7-14)36-22(15)29/h14-21,23H,6-8H2,1-5H3/t14-,15+,16-,17-,18-,19-,20+,21-,23-/m1/s1. The van der Waals surface area contributed by atoms with Crippen molar-refractivity contribution in [1.82, 2.24) is 0 Å². The van der Waals surface area contributed by atoms with Crippen LogP contribution in [0.15, 0.2) is 0 Å². The van der Waals surface area contributed by atoms with Gasteiger partial charge in [0, 0.05) is 41.0 Å². The van der Waals surface area contributed by atoms with E-state index in [9.17, 15) is 28.8 Å². The first-order valence-electron chi connectivity index (χ1n) is 11.7. The molecule has 0 radical (unpaired) electrons. The van der Waals surface area contributed by atoms with Crippen molar-refractivity contribution in [2.24, 2.45) is 5.92 Å². The average molecular weight is 530 g/mol. The minimum atomic E-state index is -1.39. The minimum Gasteiger partial charge on any atom is -0.463 e. The van der Waals surface area contributed by atoms with Crippen LogP contribution in [-0.4, -0.2) is 91.4 Å². The normalized spacial score (nSPS) is 34.5. The summed E-state index contributed by atoms with van der Waals surface area (Å²) in [6.45, 7) is 5.33. The van der Waals surface area contributed by atoms with E-state index in [1.165, 1.54) is 6.92 Å². The third-order valence-electron chi connectivity index (χ3n) is 5.92. The zero-order valence-corrected chi connectivity index (χ0v) is 21.0. The highest BCUT2D eigenvalue weighted by atomic mass is 16.7. The first kappa shape index (κ1) is 28.3. The van der Waals surface area contributed by atoms with E-state index in [4.69, 9.17) is 37.9 Å². The molecule has 3 aliphatic rings. The van der Waals surface area contributed by atoms with Gasteiger partial charge >= 0.3 is 35.8 Å². The number of carbonyl (C=O) groups excluding carboxylic acids is 6. The summed E-state index contributed by atoms with van der Waals surface area (Å²) in [5.41, 5.74) is 0. The molecular weight excluding hydrogens is 500 g/mol. The third-order valence-corrected chi connectivity index (χ3v) is 5.92. The molecule has 2 aliphatic heterocycles. The van der Waals surface area contributed by atoms with E-state index in [1.807, 2.05) is 0 Å². The molecule has 0 unspecified atom stereocenters. The highest BCUT2D eigenvalue weighted by molar-refractivity contribution is 5.77. The fourth-order valence-electron chi connectivity index (χ4n) is 4.70. The number of fused-ring (bicyclic) bond motifs is 2. The Hall–Kier alpha value is -3.26. The first-order valence-corrected chi connectivity index (χ1v) is 11.7. The molecule has 2 heterocycles. The van der Waals surface area contributed by atoms with Gasteiger partial charge in [-0.2, -0.15) is 0 Å². The lowest BCUT2D eigenvalue weighted by molar-refractivity contribution is -0.320. The summed E-state index contributed by atoms with van der Waals surface area (Å²) in [5, 5.41) is 0. The van der Waals surface area contributed by atoms with Crippen LogP contribution in [0.3, 0.4) is 0 Å². The molecule has 0 amide bonds. The molecule has 14 nitrogen and oxygen atoms in total. The van der Waals surface area contributed by atoms with E-state index in [2.05, 4.69) is 0 Å². The van der Waals surface area contributed by atoms with Crippen LogP contribution in [0.4, 0.5) is 0 Å². The lowest BCUT2D eigenvalue weighted by Crippen LogP contribution is -2.63. The van der Waals surface area contributed by atoms with Crippen LogP contribution in [0, 0.1) is 5.92 Å². The van der Waals surface area contributed by atoms with Crippen molar-refractivity contribution in [3.8, 4) is 0 Å². The summed E-state index contributed by atoms with van der Waals surface area (Å²) < 4.78 is 43.7. The van der Waals surface area contributed by atoms with Gasteiger partial charge < -0.3 is 37.9 Å². The monoisotopic (exact) mass is 530 g/mol. The highest BCUT2D eigenvalue weighted by Crippen LogP contribution is 2.40. The number of ether oxygens (including phenoxy) is 8. The topological polar surface area (TPSA) is 176 Å². The summed E-state index contributed by atoms with van der Waals surface area (Å²) >= 11 is 0. The molecule has 0 aromatic rings. The van der Waals surface area contributed by atoms with E-state index >= 15 is 0 Å². The van der Waals surface area contributed by atoms with Crippen molar-refractivity contribution < 1.29 is 66.7 Å². The molecule has 0 aromatic carbocycles. The zero-order chi connectivity index (χ0) is 27.4. The fourth-order valence-corrected chi connectivity index (χ4v) is 4.70. The maximum atomic E-state index is 12.3. The molecular formula is C23H30O14. The molecule has 2 saturated heterocycles. The van der Waals surface area contributed by atoms with Crippen molar-refractivity contribution in [1.29, 1.82) is 0 Å². The molecule has 3 fully saturated rings. The molecule has 0 aromatic heterocycles. The van der Waals surface area contributed by atoms with E-state index in [-0.39, 0.29) is 12.8 Å². The van der Waals surface area contributed by atoms with Gasteiger partial charge in [-0.05, 0) is 6.42 Å². The van der Waals surface area contributed by atoms with E-state index in [0.29, 0.717) is 0 Å². The summed E-state index contributed by atoms with van der Waals surface area (Å²) in [7, 11) is 0. The minimum absolute atomic E-state index is 0.0974. The molecule has 3 rings (SSSR count). The number of esters is 6. The Bertz CT molecular complexity index is 930. The van der Waals surface area contributed by atoms with E-state index in [0.717, 1.165) is 27.7 Å². The predicted octanol–water partition coefficient (Wildman–Crippen LogP) is -0.278. The molecule has 0 spiro atoms. The van der Waals surface area contributed by atoms with Gasteiger partial charge in [0.05, 0.1) is 12.0 Å². The second kappa shape index (κ2) is 11.9. The van der Waals surface area contributed by atoms with Gasteiger partial charge in [-0.1, -0.05) is 0 Å². The first-order chi connectivity index (χ1) is 17.3. The molecule has 2 bridgehead atoms. The lowest BCUT2D eigenvalue weighted by Gasteiger charge is -2.45. The van der Waals surface area contributed by atoms with Gasteiger partial charge in [0.1, 0.15) is 18.8 Å². The van der Waals surface area contributed by atoms with Gasteiger partial charge in [-0.3, -0.25) is 28.8 Å². The van der Waals surface area contributed by atoms with E-state index < -0.39 is 97.4 Å². The van der Waals surface area contributed by atoms with Crippen LogP contribution < -0.4 is 0 Å². The Labute approximate surface area is 212 Å². The predicted molar refractivity (Wildman–Crippen MR) is 115 cm³/mol. The van der Waals surface area contributed by atoms with Crippen molar-refractivity contribution >= 4 is 35.8 Å². The largest absolute Gasteiger partial charge is 0.463 e. The van der Waals surface area contributed by atoms with Crippen LogP contribution in [0.1, 0.15) is 47.5 Å². The Morgan fingerprint density at radius 2 is 1.27 bits per heavy atom. The molecule has 206 valence electrons. The molecule has 14 heteroatoms. The van der Waals surface area contributed by atoms with Gasteiger partial charge in [0.2, 0.25) is 0 Å². The Balaban J connectivity index is 1.88. The lowest BCUT2D eigenvalue weighted by atomic mass is 9.85. The summed E-state index contributed by atoms with van der Waals surface area (Å²) in [5.74, 6) is -4.82. The Morgan fingerprint density at radius 1 is 0.730 bits per heavy atom. The third kappa shape index (κ3) is 7.16. The summed E-state index contributed by atoms with van der Waals surface area (Å²) in [6, 6.07) is 0. The second-order valence-electron chi connectivity index (χ2n) is 8.95. The van der Waals surface area contributed by atoms with Crippen LogP contribution in [0.25, 0.3) is 0 Å². The van der Waals surface area contributed by atoms with Gasteiger partial charge in [0.25, 0.3) is 0 Å². The number of hydrogen-bond donors (Lipinski definition) is 0. The van der Waals surface area contributed by atoms with Crippen molar-refractivity contribution in [3.05, 3.63) is 0 Å². The Kier molecular flexibility index (Phi) is 9.07. The summed E-state index contributed by atoms with van der Waals surface area (Å²) in [4.78, 5) is 70.9. The average Bonchev–Trinajstić information content (AvgIpc) is 2.93. The second-order valence-corrected chi connectivity index (χ2v) is 8.95.